The number of carbonyl (C=O) groups excluding carboxylic acids is 1. The maximum atomic E-state index is 12.8. The van der Waals surface area contributed by atoms with Crippen molar-refractivity contribution in [3.8, 4) is 0 Å². The maximum absolute atomic E-state index is 12.8. The first-order valence-electron chi connectivity index (χ1n) is 8.67. The molecule has 2 rings (SSSR count). The molecule has 0 aromatic carbocycles. The molecule has 2 aliphatic carbocycles. The average molecular weight is 343 g/mol. The van der Waals surface area contributed by atoms with Gasteiger partial charge in [-0.05, 0) is 67.9 Å². The van der Waals surface area contributed by atoms with Crippen LogP contribution in [0.3, 0.4) is 0 Å². The minimum absolute atomic E-state index is 0.0836. The van der Waals surface area contributed by atoms with Crippen LogP contribution in [0.15, 0.2) is 0 Å². The van der Waals surface area contributed by atoms with E-state index in [9.17, 15) is 4.79 Å². The minimum atomic E-state index is -2.01. The predicted molar refractivity (Wildman–Crippen MR) is 95.9 cm³/mol. The SMILES string of the molecule is CO[Si](C)(C)C1CC2CC(C(=O)O[Si](C)(C)C(C)(C)C)C1C2. The maximum Gasteiger partial charge on any atom is 0.295 e. The second kappa shape index (κ2) is 5.74. The molecule has 0 heterocycles. The van der Waals surface area contributed by atoms with E-state index in [0.29, 0.717) is 17.4 Å². The summed E-state index contributed by atoms with van der Waals surface area (Å²) in [6, 6.07) is 0. The van der Waals surface area contributed by atoms with Gasteiger partial charge < -0.3 is 8.85 Å². The summed E-state index contributed by atoms with van der Waals surface area (Å²) in [5.41, 5.74) is 0.619. The Kier molecular flexibility index (Phi) is 4.75. The van der Waals surface area contributed by atoms with Crippen molar-refractivity contribution in [3.05, 3.63) is 0 Å². The van der Waals surface area contributed by atoms with Gasteiger partial charge >= 0.3 is 0 Å². The molecular formula is C17H34O3Si2. The quantitative estimate of drug-likeness (QED) is 0.688. The van der Waals surface area contributed by atoms with Crippen LogP contribution in [0.4, 0.5) is 0 Å². The summed E-state index contributed by atoms with van der Waals surface area (Å²) in [5, 5.41) is 0.0836. The summed E-state index contributed by atoms with van der Waals surface area (Å²) in [4.78, 5) is 12.8. The fourth-order valence-electron chi connectivity index (χ4n) is 4.05. The molecule has 0 radical (unpaired) electrons. The van der Waals surface area contributed by atoms with Crippen molar-refractivity contribution in [2.24, 2.45) is 17.8 Å². The predicted octanol–water partition coefficient (Wildman–Crippen LogP) is 4.80. The van der Waals surface area contributed by atoms with Gasteiger partial charge in [-0.3, -0.25) is 4.79 Å². The van der Waals surface area contributed by atoms with Crippen LogP contribution in [-0.4, -0.2) is 29.7 Å². The molecule has 3 nitrogen and oxygen atoms in total. The molecule has 0 spiro atoms. The number of carbonyl (C=O) groups is 1. The number of hydrogen-bond acceptors (Lipinski definition) is 3. The highest BCUT2D eigenvalue weighted by Crippen LogP contribution is 2.58. The summed E-state index contributed by atoms with van der Waals surface area (Å²) in [6.07, 6.45) is 3.52. The van der Waals surface area contributed by atoms with Crippen molar-refractivity contribution >= 4 is 22.6 Å². The zero-order valence-corrected chi connectivity index (χ0v) is 17.7. The molecule has 5 heteroatoms. The Morgan fingerprint density at radius 3 is 2.09 bits per heavy atom. The van der Waals surface area contributed by atoms with Crippen molar-refractivity contribution in [2.75, 3.05) is 7.11 Å². The van der Waals surface area contributed by atoms with Crippen LogP contribution in [0.2, 0.25) is 36.8 Å². The third kappa shape index (κ3) is 3.22. The van der Waals surface area contributed by atoms with E-state index in [2.05, 4.69) is 47.0 Å². The van der Waals surface area contributed by atoms with Crippen LogP contribution >= 0.6 is 0 Å². The van der Waals surface area contributed by atoms with E-state index in [1.54, 1.807) is 0 Å². The van der Waals surface area contributed by atoms with Crippen LogP contribution < -0.4 is 0 Å². The van der Waals surface area contributed by atoms with Crippen LogP contribution in [-0.2, 0) is 13.6 Å². The van der Waals surface area contributed by atoms with E-state index in [1.165, 1.54) is 12.8 Å². The zero-order chi connectivity index (χ0) is 16.9. The van der Waals surface area contributed by atoms with Gasteiger partial charge in [0, 0.05) is 7.11 Å². The highest BCUT2D eigenvalue weighted by atomic mass is 28.4. The molecule has 2 bridgehead atoms. The van der Waals surface area contributed by atoms with Crippen molar-refractivity contribution < 1.29 is 13.6 Å². The molecule has 0 aliphatic heterocycles. The van der Waals surface area contributed by atoms with Gasteiger partial charge in [0.25, 0.3) is 14.3 Å². The molecule has 4 unspecified atom stereocenters. The third-order valence-electron chi connectivity index (χ3n) is 6.70. The highest BCUT2D eigenvalue weighted by Gasteiger charge is 2.56. The van der Waals surface area contributed by atoms with E-state index < -0.39 is 16.6 Å². The molecule has 128 valence electrons. The molecule has 2 saturated carbocycles. The largest absolute Gasteiger partial charge is 0.519 e. The van der Waals surface area contributed by atoms with Gasteiger partial charge in [-0.15, -0.1) is 0 Å². The molecule has 22 heavy (non-hydrogen) atoms. The fourth-order valence-corrected chi connectivity index (χ4v) is 7.62. The second-order valence-electron chi connectivity index (χ2n) is 9.44. The van der Waals surface area contributed by atoms with Gasteiger partial charge in [0.15, 0.2) is 8.32 Å². The van der Waals surface area contributed by atoms with Crippen LogP contribution in [0.5, 0.6) is 0 Å². The first-order valence-corrected chi connectivity index (χ1v) is 14.6. The summed E-state index contributed by atoms with van der Waals surface area (Å²) in [6.45, 7) is 15.5. The van der Waals surface area contributed by atoms with E-state index in [1.807, 2.05) is 7.11 Å². The van der Waals surface area contributed by atoms with Crippen molar-refractivity contribution in [1.82, 2.24) is 0 Å². The Labute approximate surface area is 138 Å². The van der Waals surface area contributed by atoms with Crippen LogP contribution in [0, 0.1) is 17.8 Å². The topological polar surface area (TPSA) is 35.5 Å². The van der Waals surface area contributed by atoms with Gasteiger partial charge in [-0.25, -0.2) is 0 Å². The molecule has 4 atom stereocenters. The van der Waals surface area contributed by atoms with Gasteiger partial charge in [0.2, 0.25) is 0 Å². The number of hydrogen-bond donors (Lipinski definition) is 0. The Hall–Kier alpha value is -0.136. The lowest BCUT2D eigenvalue weighted by Gasteiger charge is -2.40. The molecule has 2 fully saturated rings. The lowest BCUT2D eigenvalue weighted by molar-refractivity contribution is -0.141. The van der Waals surface area contributed by atoms with E-state index in [0.717, 1.165) is 6.42 Å². The van der Waals surface area contributed by atoms with E-state index in [4.69, 9.17) is 8.85 Å². The van der Waals surface area contributed by atoms with E-state index in [-0.39, 0.29) is 16.9 Å². The average Bonchev–Trinajstić information content (AvgIpc) is 2.96. The van der Waals surface area contributed by atoms with Gasteiger partial charge in [-0.2, -0.15) is 0 Å². The molecule has 2 aliphatic rings. The molecule has 0 aromatic heterocycles. The summed E-state index contributed by atoms with van der Waals surface area (Å²) in [7, 11) is -1.84. The van der Waals surface area contributed by atoms with E-state index >= 15 is 0 Å². The summed E-state index contributed by atoms with van der Waals surface area (Å²) >= 11 is 0. The lowest BCUT2D eigenvalue weighted by atomic mass is 9.88. The first kappa shape index (κ1) is 18.2. The highest BCUT2D eigenvalue weighted by molar-refractivity contribution is 6.75. The minimum Gasteiger partial charge on any atom is -0.519 e. The van der Waals surface area contributed by atoms with Crippen molar-refractivity contribution in [3.63, 3.8) is 0 Å². The Morgan fingerprint density at radius 2 is 1.64 bits per heavy atom. The molecular weight excluding hydrogens is 308 g/mol. The van der Waals surface area contributed by atoms with Gasteiger partial charge in [0.05, 0.1) is 5.92 Å². The smallest absolute Gasteiger partial charge is 0.295 e. The van der Waals surface area contributed by atoms with Crippen molar-refractivity contribution in [2.45, 2.75) is 76.8 Å². The summed E-state index contributed by atoms with van der Waals surface area (Å²) < 4.78 is 12.0. The Morgan fingerprint density at radius 1 is 1.05 bits per heavy atom. The van der Waals surface area contributed by atoms with Gasteiger partial charge in [0.1, 0.15) is 0 Å². The Bertz CT molecular complexity index is 440. The van der Waals surface area contributed by atoms with Crippen LogP contribution in [0.25, 0.3) is 0 Å². The molecule has 0 saturated heterocycles. The van der Waals surface area contributed by atoms with Crippen molar-refractivity contribution in [1.29, 1.82) is 0 Å². The third-order valence-corrected chi connectivity index (χ3v) is 14.5. The first-order chi connectivity index (χ1) is 9.89. The lowest BCUT2D eigenvalue weighted by Crippen LogP contribution is -2.46. The number of fused-ring (bicyclic) bond motifs is 2. The standard InChI is InChI=1S/C17H34O3Si2/c1-17(2,3)22(7,8)20-16(18)14-10-12-9-13(14)15(11-12)21(5,6)19-4/h12-15H,9-11H2,1-8H3. The van der Waals surface area contributed by atoms with Gasteiger partial charge in [-0.1, -0.05) is 20.8 Å². The zero-order valence-electron chi connectivity index (χ0n) is 15.7. The molecule has 0 amide bonds. The van der Waals surface area contributed by atoms with Crippen LogP contribution in [0.1, 0.15) is 40.0 Å². The fraction of sp³-hybridized carbons (Fsp3) is 0.941. The normalized spacial score (nSPS) is 32.4. The molecule has 0 N–H and O–H groups in total. The number of rotatable bonds is 4. The summed E-state index contributed by atoms with van der Waals surface area (Å²) in [5.74, 6) is 1.43. The molecule has 0 aromatic rings. The monoisotopic (exact) mass is 342 g/mol. The Balaban J connectivity index is 2.10. The second-order valence-corrected chi connectivity index (χ2v) is 18.5.